The number of carbonyl (C=O) groups excluding carboxylic acids is 1. The molecule has 0 N–H and O–H groups in total. The van der Waals surface area contributed by atoms with Gasteiger partial charge in [0, 0.05) is 0 Å². The lowest BCUT2D eigenvalue weighted by Crippen LogP contribution is -2.37. The fourth-order valence-electron chi connectivity index (χ4n) is 3.86. The first-order valence-electron chi connectivity index (χ1n) is 10.2. The highest BCUT2D eigenvalue weighted by molar-refractivity contribution is 5.80. The van der Waals surface area contributed by atoms with E-state index in [0.717, 1.165) is 29.5 Å². The lowest BCUT2D eigenvalue weighted by atomic mass is 9.80. The Kier molecular flexibility index (Phi) is 5.50. The third-order valence-corrected chi connectivity index (χ3v) is 5.67. The van der Waals surface area contributed by atoms with E-state index in [1.54, 1.807) is 0 Å². The summed E-state index contributed by atoms with van der Waals surface area (Å²) in [5, 5.41) is 0. The van der Waals surface area contributed by atoms with Crippen LogP contribution in [0.3, 0.4) is 0 Å². The van der Waals surface area contributed by atoms with Crippen LogP contribution in [0, 0.1) is 5.41 Å². The Morgan fingerprint density at radius 2 is 1.21 bits per heavy atom. The average molecular weight is 386 g/mol. The maximum absolute atomic E-state index is 12.6. The van der Waals surface area contributed by atoms with Crippen molar-refractivity contribution in [1.82, 2.24) is 0 Å². The minimum absolute atomic E-state index is 0.150. The SMILES string of the molecule is CCOC(=O)C1(COC(c2ccccc2)(c2ccccc2)c2ccccc2)CC1. The zero-order valence-electron chi connectivity index (χ0n) is 16.7. The van der Waals surface area contributed by atoms with Gasteiger partial charge in [0.15, 0.2) is 0 Å². The Labute approximate surface area is 172 Å². The maximum atomic E-state index is 12.6. The van der Waals surface area contributed by atoms with Gasteiger partial charge in [-0.3, -0.25) is 4.79 Å². The van der Waals surface area contributed by atoms with Crippen LogP contribution in [0.1, 0.15) is 36.5 Å². The van der Waals surface area contributed by atoms with Crippen molar-refractivity contribution in [1.29, 1.82) is 0 Å². The molecule has 1 aliphatic carbocycles. The summed E-state index contributed by atoms with van der Waals surface area (Å²) in [4.78, 5) is 12.6. The second kappa shape index (κ2) is 8.22. The molecule has 0 aromatic heterocycles. The molecule has 0 unspecified atom stereocenters. The largest absolute Gasteiger partial charge is 0.465 e. The van der Waals surface area contributed by atoms with Crippen LogP contribution in [0.5, 0.6) is 0 Å². The number of rotatable bonds is 8. The van der Waals surface area contributed by atoms with Crippen LogP contribution in [0.2, 0.25) is 0 Å². The van der Waals surface area contributed by atoms with Crippen molar-refractivity contribution in [2.24, 2.45) is 5.41 Å². The molecule has 1 fully saturated rings. The summed E-state index contributed by atoms with van der Waals surface area (Å²) in [6, 6.07) is 30.7. The highest BCUT2D eigenvalue weighted by Gasteiger charge is 2.53. The molecule has 0 bridgehead atoms. The quantitative estimate of drug-likeness (QED) is 0.387. The fraction of sp³-hybridized carbons (Fsp3) is 0.269. The topological polar surface area (TPSA) is 35.5 Å². The molecule has 29 heavy (non-hydrogen) atoms. The second-order valence-corrected chi connectivity index (χ2v) is 7.57. The normalized spacial score (nSPS) is 14.9. The van der Waals surface area contributed by atoms with Crippen molar-refractivity contribution >= 4 is 5.97 Å². The van der Waals surface area contributed by atoms with E-state index in [1.165, 1.54) is 0 Å². The van der Waals surface area contributed by atoms with Crippen LogP contribution >= 0.6 is 0 Å². The summed E-state index contributed by atoms with van der Waals surface area (Å²) in [5.74, 6) is -0.150. The smallest absolute Gasteiger partial charge is 0.314 e. The molecule has 0 heterocycles. The van der Waals surface area contributed by atoms with Gasteiger partial charge in [0.05, 0.1) is 18.6 Å². The maximum Gasteiger partial charge on any atom is 0.314 e. The first kappa shape index (κ1) is 19.4. The Hall–Kier alpha value is -2.91. The highest BCUT2D eigenvalue weighted by Crippen LogP contribution is 2.50. The van der Waals surface area contributed by atoms with Crippen molar-refractivity contribution in [3.63, 3.8) is 0 Å². The van der Waals surface area contributed by atoms with Crippen molar-refractivity contribution < 1.29 is 14.3 Å². The zero-order valence-corrected chi connectivity index (χ0v) is 16.7. The Morgan fingerprint density at radius 1 is 0.793 bits per heavy atom. The number of carbonyl (C=O) groups is 1. The van der Waals surface area contributed by atoms with E-state index in [9.17, 15) is 4.79 Å². The monoisotopic (exact) mass is 386 g/mol. The minimum Gasteiger partial charge on any atom is -0.465 e. The molecule has 1 saturated carbocycles. The van der Waals surface area contributed by atoms with Gasteiger partial charge < -0.3 is 9.47 Å². The molecule has 0 atom stereocenters. The molecule has 0 saturated heterocycles. The van der Waals surface area contributed by atoms with E-state index >= 15 is 0 Å². The first-order chi connectivity index (χ1) is 14.2. The number of hydrogen-bond donors (Lipinski definition) is 0. The van der Waals surface area contributed by atoms with Gasteiger partial charge >= 0.3 is 5.97 Å². The molecule has 0 aliphatic heterocycles. The van der Waals surface area contributed by atoms with Gasteiger partial charge in [-0.15, -0.1) is 0 Å². The molecular weight excluding hydrogens is 360 g/mol. The molecule has 3 heteroatoms. The van der Waals surface area contributed by atoms with Gasteiger partial charge in [0.2, 0.25) is 0 Å². The number of ether oxygens (including phenoxy) is 2. The van der Waals surface area contributed by atoms with Crippen LogP contribution in [0.15, 0.2) is 91.0 Å². The molecular formula is C26H26O3. The number of hydrogen-bond acceptors (Lipinski definition) is 3. The van der Waals surface area contributed by atoms with Crippen LogP contribution in [0.4, 0.5) is 0 Å². The van der Waals surface area contributed by atoms with E-state index in [2.05, 4.69) is 36.4 Å². The second-order valence-electron chi connectivity index (χ2n) is 7.57. The van der Waals surface area contributed by atoms with E-state index in [0.29, 0.717) is 13.2 Å². The van der Waals surface area contributed by atoms with Crippen molar-refractivity contribution in [2.75, 3.05) is 13.2 Å². The van der Waals surface area contributed by atoms with Crippen molar-refractivity contribution in [2.45, 2.75) is 25.4 Å². The number of esters is 1. The Balaban J connectivity index is 1.81. The predicted octanol–water partition coefficient (Wildman–Crippen LogP) is 5.34. The summed E-state index contributed by atoms with van der Waals surface area (Å²) in [6.45, 7) is 2.56. The lowest BCUT2D eigenvalue weighted by molar-refractivity contribution is -0.154. The molecule has 3 aromatic rings. The third-order valence-electron chi connectivity index (χ3n) is 5.67. The van der Waals surface area contributed by atoms with E-state index in [1.807, 2.05) is 61.5 Å². The van der Waals surface area contributed by atoms with Gasteiger partial charge in [0.25, 0.3) is 0 Å². The van der Waals surface area contributed by atoms with E-state index in [-0.39, 0.29) is 5.97 Å². The Bertz CT molecular complexity index is 835. The van der Waals surface area contributed by atoms with E-state index in [4.69, 9.17) is 9.47 Å². The molecule has 0 spiro atoms. The minimum atomic E-state index is -0.800. The predicted molar refractivity (Wildman–Crippen MR) is 113 cm³/mol. The molecule has 4 rings (SSSR count). The zero-order chi connectivity index (χ0) is 20.2. The third kappa shape index (κ3) is 3.70. The van der Waals surface area contributed by atoms with Crippen LogP contribution < -0.4 is 0 Å². The molecule has 0 radical (unpaired) electrons. The molecule has 3 nitrogen and oxygen atoms in total. The van der Waals surface area contributed by atoms with Gasteiger partial charge in [-0.2, -0.15) is 0 Å². The standard InChI is InChI=1S/C26H26O3/c1-2-28-24(27)25(18-19-25)20-29-26(21-12-6-3-7-13-21,22-14-8-4-9-15-22)23-16-10-5-11-17-23/h3-17H,2,18-20H2,1H3. The average Bonchev–Trinajstić information content (AvgIpc) is 3.58. The summed E-state index contributed by atoms with van der Waals surface area (Å²) in [7, 11) is 0. The number of benzene rings is 3. The summed E-state index contributed by atoms with van der Waals surface area (Å²) in [5.41, 5.74) is 1.79. The van der Waals surface area contributed by atoms with Crippen LogP contribution in [-0.4, -0.2) is 19.2 Å². The fourth-order valence-corrected chi connectivity index (χ4v) is 3.86. The van der Waals surface area contributed by atoms with Gasteiger partial charge in [0.1, 0.15) is 5.60 Å². The molecule has 0 amide bonds. The van der Waals surface area contributed by atoms with Crippen molar-refractivity contribution in [3.8, 4) is 0 Å². The Morgan fingerprint density at radius 3 is 1.55 bits per heavy atom. The molecule has 148 valence electrons. The summed E-state index contributed by atoms with van der Waals surface area (Å²) >= 11 is 0. The van der Waals surface area contributed by atoms with Gasteiger partial charge in [-0.05, 0) is 36.5 Å². The highest BCUT2D eigenvalue weighted by atomic mass is 16.5. The van der Waals surface area contributed by atoms with Crippen LogP contribution in [-0.2, 0) is 19.9 Å². The van der Waals surface area contributed by atoms with Crippen LogP contribution in [0.25, 0.3) is 0 Å². The molecule has 3 aromatic carbocycles. The van der Waals surface area contributed by atoms with Gasteiger partial charge in [-0.1, -0.05) is 91.0 Å². The van der Waals surface area contributed by atoms with Crippen molar-refractivity contribution in [3.05, 3.63) is 108 Å². The summed E-state index contributed by atoms with van der Waals surface area (Å²) < 4.78 is 12.1. The van der Waals surface area contributed by atoms with E-state index < -0.39 is 11.0 Å². The first-order valence-corrected chi connectivity index (χ1v) is 10.2. The van der Waals surface area contributed by atoms with Gasteiger partial charge in [-0.25, -0.2) is 0 Å². The lowest BCUT2D eigenvalue weighted by Gasteiger charge is -2.37. The molecule has 1 aliphatic rings. The summed E-state index contributed by atoms with van der Waals surface area (Å²) in [6.07, 6.45) is 1.61.